The lowest BCUT2D eigenvalue weighted by atomic mass is 10.2. The molecule has 0 aromatic heterocycles. The summed E-state index contributed by atoms with van der Waals surface area (Å²) in [6.07, 6.45) is 0.927. The first-order valence-corrected chi connectivity index (χ1v) is 5.80. The molecule has 0 heterocycles. The molecule has 1 N–H and O–H groups in total. The van der Waals surface area contributed by atoms with E-state index in [9.17, 15) is 0 Å². The Morgan fingerprint density at radius 2 is 1.67 bits per heavy atom. The van der Waals surface area contributed by atoms with Crippen LogP contribution in [0.15, 0.2) is 24.3 Å². The Kier molecular flexibility index (Phi) is 5.36. The van der Waals surface area contributed by atoms with Crippen molar-refractivity contribution in [2.45, 2.75) is 13.3 Å². The van der Waals surface area contributed by atoms with Crippen molar-refractivity contribution in [3.8, 4) is 17.2 Å². The van der Waals surface area contributed by atoms with E-state index in [1.54, 1.807) is 21.3 Å². The van der Waals surface area contributed by atoms with Crippen LogP contribution in [0.25, 0.3) is 0 Å². The van der Waals surface area contributed by atoms with Crippen molar-refractivity contribution < 1.29 is 14.2 Å². The van der Waals surface area contributed by atoms with Crippen LogP contribution in [0.1, 0.15) is 13.3 Å². The number of rotatable bonds is 7. The van der Waals surface area contributed by atoms with Crippen LogP contribution in [0.3, 0.4) is 0 Å². The monoisotopic (exact) mass is 251 g/mol. The van der Waals surface area contributed by atoms with Crippen molar-refractivity contribution in [3.63, 3.8) is 0 Å². The van der Waals surface area contributed by atoms with Crippen LogP contribution in [0, 0.1) is 0 Å². The van der Waals surface area contributed by atoms with E-state index in [-0.39, 0.29) is 0 Å². The van der Waals surface area contributed by atoms with Crippen LogP contribution in [0.4, 0.5) is 5.69 Å². The van der Waals surface area contributed by atoms with Gasteiger partial charge in [-0.3, -0.25) is 0 Å². The quantitative estimate of drug-likeness (QED) is 0.756. The van der Waals surface area contributed by atoms with Crippen LogP contribution in [-0.2, 0) is 0 Å². The molecule has 0 aliphatic carbocycles. The Labute approximate surface area is 109 Å². The van der Waals surface area contributed by atoms with E-state index in [1.165, 1.54) is 0 Å². The molecule has 4 nitrogen and oxygen atoms in total. The van der Waals surface area contributed by atoms with Gasteiger partial charge in [-0.05, 0) is 13.3 Å². The van der Waals surface area contributed by atoms with Gasteiger partial charge in [0, 0.05) is 24.4 Å². The molecule has 0 saturated carbocycles. The van der Waals surface area contributed by atoms with Gasteiger partial charge in [-0.1, -0.05) is 5.57 Å². The fraction of sp³-hybridized carbons (Fsp3) is 0.429. The summed E-state index contributed by atoms with van der Waals surface area (Å²) in [5, 5.41) is 3.30. The van der Waals surface area contributed by atoms with E-state index in [0.717, 1.165) is 24.2 Å². The smallest absolute Gasteiger partial charge is 0.203 e. The number of anilines is 1. The average Bonchev–Trinajstić information content (AvgIpc) is 2.36. The minimum Gasteiger partial charge on any atom is -0.493 e. The number of hydrogen-bond donors (Lipinski definition) is 1. The molecule has 100 valence electrons. The summed E-state index contributed by atoms with van der Waals surface area (Å²) in [5.74, 6) is 1.90. The summed E-state index contributed by atoms with van der Waals surface area (Å²) < 4.78 is 15.8. The second kappa shape index (κ2) is 6.79. The van der Waals surface area contributed by atoms with Gasteiger partial charge in [0.1, 0.15) is 0 Å². The molecule has 0 saturated heterocycles. The molecule has 0 amide bonds. The summed E-state index contributed by atoms with van der Waals surface area (Å²) in [6, 6.07) is 3.78. The highest BCUT2D eigenvalue weighted by molar-refractivity contribution is 5.62. The molecule has 1 aromatic rings. The minimum absolute atomic E-state index is 0.602. The molecule has 0 aliphatic rings. The Balaban J connectivity index is 2.89. The van der Waals surface area contributed by atoms with Gasteiger partial charge < -0.3 is 19.5 Å². The van der Waals surface area contributed by atoms with E-state index in [2.05, 4.69) is 11.9 Å². The highest BCUT2D eigenvalue weighted by Gasteiger charge is 2.12. The van der Waals surface area contributed by atoms with Crippen LogP contribution in [-0.4, -0.2) is 27.9 Å². The Bertz CT molecular complexity index is 390. The zero-order valence-corrected chi connectivity index (χ0v) is 11.5. The predicted molar refractivity (Wildman–Crippen MR) is 74.0 cm³/mol. The van der Waals surface area contributed by atoms with Crippen LogP contribution < -0.4 is 19.5 Å². The van der Waals surface area contributed by atoms with Gasteiger partial charge in [0.05, 0.1) is 21.3 Å². The number of nitrogens with one attached hydrogen (secondary N) is 1. The highest BCUT2D eigenvalue weighted by Crippen LogP contribution is 2.39. The summed E-state index contributed by atoms with van der Waals surface area (Å²) in [7, 11) is 4.80. The molecule has 4 heteroatoms. The van der Waals surface area contributed by atoms with Gasteiger partial charge in [-0.15, -0.1) is 6.58 Å². The van der Waals surface area contributed by atoms with Crippen LogP contribution in [0.5, 0.6) is 17.2 Å². The Morgan fingerprint density at radius 1 is 1.11 bits per heavy atom. The third kappa shape index (κ3) is 3.58. The summed E-state index contributed by atoms with van der Waals surface area (Å²) in [5.41, 5.74) is 2.08. The Morgan fingerprint density at radius 3 is 2.06 bits per heavy atom. The van der Waals surface area contributed by atoms with Gasteiger partial charge in [0.25, 0.3) is 0 Å². The summed E-state index contributed by atoms with van der Waals surface area (Å²) in [6.45, 7) is 6.71. The predicted octanol–water partition coefficient (Wildman–Crippen LogP) is 3.09. The standard InChI is InChI=1S/C14H21NO3/c1-10(2)6-7-15-11-8-12(16-3)14(18-5)13(9-11)17-4/h8-9,15H,1,6-7H2,2-5H3. The average molecular weight is 251 g/mol. The van der Waals surface area contributed by atoms with Gasteiger partial charge in [0.15, 0.2) is 11.5 Å². The molecule has 0 atom stereocenters. The molecule has 0 radical (unpaired) electrons. The van der Waals surface area contributed by atoms with Crippen LogP contribution >= 0.6 is 0 Å². The normalized spacial score (nSPS) is 9.78. The van der Waals surface area contributed by atoms with Gasteiger partial charge >= 0.3 is 0 Å². The van der Waals surface area contributed by atoms with Gasteiger partial charge in [-0.2, -0.15) is 0 Å². The molecule has 0 bridgehead atoms. The maximum Gasteiger partial charge on any atom is 0.203 e. The van der Waals surface area contributed by atoms with E-state index in [0.29, 0.717) is 17.2 Å². The van der Waals surface area contributed by atoms with Crippen molar-refractivity contribution in [2.24, 2.45) is 0 Å². The summed E-state index contributed by atoms with van der Waals surface area (Å²) in [4.78, 5) is 0. The lowest BCUT2D eigenvalue weighted by molar-refractivity contribution is 0.324. The van der Waals surface area contributed by atoms with Gasteiger partial charge in [0.2, 0.25) is 5.75 Å². The minimum atomic E-state index is 0.602. The molecule has 18 heavy (non-hydrogen) atoms. The maximum absolute atomic E-state index is 5.28. The number of hydrogen-bond acceptors (Lipinski definition) is 4. The first kappa shape index (κ1) is 14.2. The SMILES string of the molecule is C=C(C)CCNc1cc(OC)c(OC)c(OC)c1. The fourth-order valence-corrected chi connectivity index (χ4v) is 1.60. The van der Waals surface area contributed by atoms with E-state index < -0.39 is 0 Å². The number of ether oxygens (including phenoxy) is 3. The zero-order valence-electron chi connectivity index (χ0n) is 11.5. The molecular weight excluding hydrogens is 230 g/mol. The maximum atomic E-state index is 5.28. The van der Waals surface area contributed by atoms with Crippen molar-refractivity contribution in [1.82, 2.24) is 0 Å². The van der Waals surface area contributed by atoms with Gasteiger partial charge in [-0.25, -0.2) is 0 Å². The topological polar surface area (TPSA) is 39.7 Å². The molecule has 1 aromatic carbocycles. The van der Waals surface area contributed by atoms with E-state index in [1.807, 2.05) is 19.1 Å². The number of benzene rings is 1. The second-order valence-corrected chi connectivity index (χ2v) is 4.05. The molecule has 0 unspecified atom stereocenters. The molecule has 0 fully saturated rings. The third-order valence-electron chi connectivity index (χ3n) is 2.55. The van der Waals surface area contributed by atoms with E-state index in [4.69, 9.17) is 14.2 Å². The molecule has 1 rings (SSSR count). The lowest BCUT2D eigenvalue weighted by Crippen LogP contribution is -2.03. The van der Waals surface area contributed by atoms with Crippen molar-refractivity contribution >= 4 is 5.69 Å². The third-order valence-corrected chi connectivity index (χ3v) is 2.55. The zero-order chi connectivity index (χ0) is 13.5. The van der Waals surface area contributed by atoms with Crippen molar-refractivity contribution in [1.29, 1.82) is 0 Å². The first-order valence-electron chi connectivity index (χ1n) is 5.80. The van der Waals surface area contributed by atoms with Crippen molar-refractivity contribution in [2.75, 3.05) is 33.2 Å². The Hall–Kier alpha value is -1.84. The molecule has 0 spiro atoms. The second-order valence-electron chi connectivity index (χ2n) is 4.05. The number of methoxy groups -OCH3 is 3. The fourth-order valence-electron chi connectivity index (χ4n) is 1.60. The summed E-state index contributed by atoms with van der Waals surface area (Å²) >= 11 is 0. The van der Waals surface area contributed by atoms with E-state index >= 15 is 0 Å². The highest BCUT2D eigenvalue weighted by atomic mass is 16.5. The first-order chi connectivity index (χ1) is 8.62. The molecular formula is C14H21NO3. The van der Waals surface area contributed by atoms with Crippen molar-refractivity contribution in [3.05, 3.63) is 24.3 Å². The lowest BCUT2D eigenvalue weighted by Gasteiger charge is -2.15. The molecule has 0 aliphatic heterocycles. The van der Waals surface area contributed by atoms with Crippen LogP contribution in [0.2, 0.25) is 0 Å². The largest absolute Gasteiger partial charge is 0.493 e.